The van der Waals surface area contributed by atoms with Crippen LogP contribution < -0.4 is 10.3 Å². The zero-order chi connectivity index (χ0) is 14.9. The van der Waals surface area contributed by atoms with Crippen molar-refractivity contribution in [2.24, 2.45) is 0 Å². The number of methoxy groups -OCH3 is 1. The summed E-state index contributed by atoms with van der Waals surface area (Å²) in [4.78, 5) is 18.5. The Hall–Kier alpha value is -2.50. The maximum atomic E-state index is 11.9. The third-order valence-electron chi connectivity index (χ3n) is 2.96. The summed E-state index contributed by atoms with van der Waals surface area (Å²) in [5.41, 5.74) is 0.329. The van der Waals surface area contributed by atoms with E-state index in [1.807, 2.05) is 0 Å². The number of H-pyrrole nitrogens is 1. The van der Waals surface area contributed by atoms with Crippen molar-refractivity contribution in [3.63, 3.8) is 0 Å². The number of aromatic hydroxyl groups is 2. The van der Waals surface area contributed by atoms with Crippen molar-refractivity contribution in [1.82, 2.24) is 9.97 Å². The van der Waals surface area contributed by atoms with Crippen LogP contribution in [0.4, 0.5) is 0 Å². The van der Waals surface area contributed by atoms with Crippen molar-refractivity contribution < 1.29 is 14.9 Å². The number of aromatic nitrogens is 2. The molecular formula is C14H16N2O4. The zero-order valence-corrected chi connectivity index (χ0v) is 11.5. The van der Waals surface area contributed by atoms with Crippen molar-refractivity contribution in [1.29, 1.82) is 0 Å². The monoisotopic (exact) mass is 276 g/mol. The van der Waals surface area contributed by atoms with Crippen LogP contribution in [0.25, 0.3) is 11.4 Å². The lowest BCUT2D eigenvalue weighted by Crippen LogP contribution is -2.16. The molecule has 1 heterocycles. The fraction of sp³-hybridized carbons (Fsp3) is 0.286. The highest BCUT2D eigenvalue weighted by Gasteiger charge is 2.15. The van der Waals surface area contributed by atoms with Gasteiger partial charge in [0.25, 0.3) is 5.56 Å². The molecule has 0 saturated carbocycles. The van der Waals surface area contributed by atoms with E-state index in [-0.39, 0.29) is 28.9 Å². The number of hydrogen-bond acceptors (Lipinski definition) is 5. The van der Waals surface area contributed by atoms with E-state index in [0.717, 1.165) is 0 Å². The van der Waals surface area contributed by atoms with Crippen molar-refractivity contribution in [2.75, 3.05) is 7.11 Å². The van der Waals surface area contributed by atoms with E-state index < -0.39 is 5.56 Å². The highest BCUT2D eigenvalue weighted by molar-refractivity contribution is 5.61. The molecule has 0 bridgehead atoms. The molecule has 0 spiro atoms. The lowest BCUT2D eigenvalue weighted by atomic mass is 10.1. The van der Waals surface area contributed by atoms with Gasteiger partial charge in [-0.3, -0.25) is 4.79 Å². The van der Waals surface area contributed by atoms with Gasteiger partial charge in [0.15, 0.2) is 11.5 Å². The molecule has 0 aliphatic carbocycles. The first kappa shape index (κ1) is 13.9. The average Bonchev–Trinajstić information content (AvgIpc) is 2.37. The van der Waals surface area contributed by atoms with Gasteiger partial charge in [-0.1, -0.05) is 13.8 Å². The molecule has 2 aromatic rings. The van der Waals surface area contributed by atoms with E-state index in [2.05, 4.69) is 9.97 Å². The van der Waals surface area contributed by atoms with Crippen molar-refractivity contribution in [2.45, 2.75) is 19.8 Å². The Morgan fingerprint density at radius 3 is 2.50 bits per heavy atom. The van der Waals surface area contributed by atoms with Crippen LogP contribution in [-0.2, 0) is 0 Å². The number of phenolic OH excluding ortho intramolecular Hbond substituents is 1. The van der Waals surface area contributed by atoms with Gasteiger partial charge in [-0.05, 0) is 24.1 Å². The minimum atomic E-state index is -0.391. The second-order valence-corrected chi connectivity index (χ2v) is 4.69. The molecule has 3 N–H and O–H groups in total. The maximum Gasteiger partial charge on any atom is 0.258 e. The van der Waals surface area contributed by atoms with Crippen LogP contribution in [-0.4, -0.2) is 27.3 Å². The fourth-order valence-electron chi connectivity index (χ4n) is 1.96. The largest absolute Gasteiger partial charge is 0.504 e. The molecule has 2 rings (SSSR count). The van der Waals surface area contributed by atoms with Crippen LogP contribution in [0.15, 0.2) is 23.0 Å². The Labute approximate surface area is 115 Å². The topological polar surface area (TPSA) is 95.4 Å². The fourth-order valence-corrected chi connectivity index (χ4v) is 1.96. The van der Waals surface area contributed by atoms with Crippen molar-refractivity contribution in [3.8, 4) is 28.8 Å². The Morgan fingerprint density at radius 2 is 2.00 bits per heavy atom. The minimum Gasteiger partial charge on any atom is -0.504 e. The molecule has 0 amide bonds. The van der Waals surface area contributed by atoms with Gasteiger partial charge in [0.1, 0.15) is 5.82 Å². The predicted molar refractivity (Wildman–Crippen MR) is 74.3 cm³/mol. The van der Waals surface area contributed by atoms with E-state index in [0.29, 0.717) is 11.3 Å². The number of benzene rings is 1. The Kier molecular flexibility index (Phi) is 3.65. The molecule has 20 heavy (non-hydrogen) atoms. The molecule has 0 radical (unpaired) electrons. The lowest BCUT2D eigenvalue weighted by Gasteiger charge is -2.09. The maximum absolute atomic E-state index is 11.9. The Morgan fingerprint density at radius 1 is 1.30 bits per heavy atom. The van der Waals surface area contributed by atoms with Crippen LogP contribution in [0.3, 0.4) is 0 Å². The molecule has 0 aliphatic rings. The highest BCUT2D eigenvalue weighted by Crippen LogP contribution is 2.30. The molecule has 1 aromatic heterocycles. The van der Waals surface area contributed by atoms with Crippen molar-refractivity contribution >= 4 is 0 Å². The van der Waals surface area contributed by atoms with Gasteiger partial charge in [0.05, 0.1) is 12.7 Å². The smallest absolute Gasteiger partial charge is 0.258 e. The molecule has 0 unspecified atom stereocenters. The first-order chi connectivity index (χ1) is 9.43. The van der Waals surface area contributed by atoms with Crippen LogP contribution in [0, 0.1) is 0 Å². The number of aromatic amines is 1. The van der Waals surface area contributed by atoms with E-state index in [4.69, 9.17) is 4.74 Å². The Bertz CT molecular complexity index is 692. The van der Waals surface area contributed by atoms with Crippen molar-refractivity contribution in [3.05, 3.63) is 34.1 Å². The summed E-state index contributed by atoms with van der Waals surface area (Å²) in [6.45, 7) is 3.59. The van der Waals surface area contributed by atoms with E-state index in [1.54, 1.807) is 26.0 Å². The average molecular weight is 276 g/mol. The standard InChI is InChI=1S/C14H16N2O4/c1-7(2)11-13(18)15-12(16-14(11)19)8-4-5-10(20-3)9(17)6-8/h4-7,17H,1-3H3,(H2,15,16,18,19). The second-order valence-electron chi connectivity index (χ2n) is 4.69. The van der Waals surface area contributed by atoms with Gasteiger partial charge in [-0.15, -0.1) is 0 Å². The van der Waals surface area contributed by atoms with E-state index in [9.17, 15) is 15.0 Å². The summed E-state index contributed by atoms with van der Waals surface area (Å²) < 4.78 is 4.94. The van der Waals surface area contributed by atoms with Gasteiger partial charge in [0, 0.05) is 5.56 Å². The summed E-state index contributed by atoms with van der Waals surface area (Å²) >= 11 is 0. The third-order valence-corrected chi connectivity index (χ3v) is 2.96. The minimum absolute atomic E-state index is 0.0694. The molecule has 0 atom stereocenters. The molecular weight excluding hydrogens is 260 g/mol. The first-order valence-electron chi connectivity index (χ1n) is 6.14. The van der Waals surface area contributed by atoms with E-state index >= 15 is 0 Å². The molecule has 0 aliphatic heterocycles. The number of phenols is 1. The van der Waals surface area contributed by atoms with Crippen LogP contribution in [0.1, 0.15) is 25.3 Å². The quantitative estimate of drug-likeness (QED) is 0.796. The number of nitrogens with one attached hydrogen (secondary N) is 1. The van der Waals surface area contributed by atoms with Crippen LogP contribution >= 0.6 is 0 Å². The summed E-state index contributed by atoms with van der Waals surface area (Å²) in [6.07, 6.45) is 0. The molecule has 106 valence electrons. The zero-order valence-electron chi connectivity index (χ0n) is 11.5. The predicted octanol–water partition coefficient (Wildman–Crippen LogP) is 1.98. The van der Waals surface area contributed by atoms with Crippen LogP contribution in [0.5, 0.6) is 17.4 Å². The van der Waals surface area contributed by atoms with Crippen LogP contribution in [0.2, 0.25) is 0 Å². The lowest BCUT2D eigenvalue weighted by molar-refractivity contribution is 0.373. The summed E-state index contributed by atoms with van der Waals surface area (Å²) in [5, 5.41) is 19.6. The van der Waals surface area contributed by atoms with Gasteiger partial charge in [-0.2, -0.15) is 4.98 Å². The van der Waals surface area contributed by atoms with Gasteiger partial charge < -0.3 is 19.9 Å². The third kappa shape index (κ3) is 2.45. The van der Waals surface area contributed by atoms with Gasteiger partial charge in [0.2, 0.25) is 5.88 Å². The molecule has 0 fully saturated rings. The Balaban J connectivity index is 2.54. The first-order valence-corrected chi connectivity index (χ1v) is 6.14. The normalized spacial score (nSPS) is 10.8. The van der Waals surface area contributed by atoms with E-state index in [1.165, 1.54) is 13.2 Å². The highest BCUT2D eigenvalue weighted by atomic mass is 16.5. The number of nitrogens with zero attached hydrogens (tertiary/aromatic N) is 1. The SMILES string of the molecule is COc1ccc(-c2nc(O)c(C(C)C)c(=O)[nH]2)cc1O. The van der Waals surface area contributed by atoms with Gasteiger partial charge in [-0.25, -0.2) is 0 Å². The van der Waals surface area contributed by atoms with Gasteiger partial charge >= 0.3 is 0 Å². The number of ether oxygens (including phenoxy) is 1. The molecule has 6 nitrogen and oxygen atoms in total. The number of rotatable bonds is 3. The summed E-state index contributed by atoms with van der Waals surface area (Å²) in [7, 11) is 1.44. The molecule has 1 aromatic carbocycles. The second kappa shape index (κ2) is 5.24. The summed E-state index contributed by atoms with van der Waals surface area (Å²) in [6, 6.07) is 4.59. The molecule has 6 heteroatoms. The molecule has 0 saturated heterocycles. The summed E-state index contributed by atoms with van der Waals surface area (Å²) in [5.74, 6) is 0.00711. The number of hydrogen-bond donors (Lipinski definition) is 3.